The van der Waals surface area contributed by atoms with Crippen LogP contribution < -0.4 is 0 Å². The van der Waals surface area contributed by atoms with Crippen molar-refractivity contribution in [3.05, 3.63) is 0 Å². The van der Waals surface area contributed by atoms with E-state index in [0.717, 1.165) is 31.6 Å². The quantitative estimate of drug-likeness (QED) is 0.384. The molecule has 1 aliphatic heterocycles. The summed E-state index contributed by atoms with van der Waals surface area (Å²) in [6.45, 7) is 5.73. The van der Waals surface area contributed by atoms with Gasteiger partial charge < -0.3 is 19.8 Å². The molecule has 112 valence electrons. The van der Waals surface area contributed by atoms with Crippen LogP contribution in [0.2, 0.25) is 0 Å². The van der Waals surface area contributed by atoms with E-state index in [1.54, 1.807) is 7.11 Å². The molecule has 1 fully saturated rings. The maximum Gasteiger partial charge on any atom is 0.0900 e. The Morgan fingerprint density at radius 2 is 2.26 bits per heavy atom. The fourth-order valence-corrected chi connectivity index (χ4v) is 2.36. The highest BCUT2D eigenvalue weighted by molar-refractivity contribution is 5.87. The summed E-state index contributed by atoms with van der Waals surface area (Å²) in [5.74, 6) is 0.292. The van der Waals surface area contributed by atoms with Crippen LogP contribution in [-0.4, -0.2) is 73.6 Å². The molecule has 0 saturated carbocycles. The molecule has 2 atom stereocenters. The second-order valence-corrected chi connectivity index (χ2v) is 4.93. The fourth-order valence-electron chi connectivity index (χ4n) is 2.36. The van der Waals surface area contributed by atoms with Gasteiger partial charge in [0.2, 0.25) is 0 Å². The van der Waals surface area contributed by atoms with Crippen LogP contribution in [0.1, 0.15) is 19.8 Å². The van der Waals surface area contributed by atoms with Crippen LogP contribution >= 0.6 is 0 Å². The summed E-state index contributed by atoms with van der Waals surface area (Å²) in [7, 11) is 1.62. The Labute approximate surface area is 115 Å². The Hall–Kier alpha value is -0.690. The molecule has 0 aliphatic carbocycles. The first-order chi connectivity index (χ1) is 9.21. The molecule has 0 aromatic carbocycles. The number of nitrogens with zero attached hydrogens (tertiary/aromatic N) is 2. The van der Waals surface area contributed by atoms with Crippen LogP contribution in [0.15, 0.2) is 5.16 Å². The Balaban J connectivity index is 2.25. The number of hydrogen-bond acceptors (Lipinski definition) is 6. The molecule has 6 heteroatoms. The second-order valence-electron chi connectivity index (χ2n) is 4.93. The summed E-state index contributed by atoms with van der Waals surface area (Å²) in [5, 5.41) is 22.2. The zero-order valence-electron chi connectivity index (χ0n) is 11.9. The predicted molar refractivity (Wildman–Crippen MR) is 72.8 cm³/mol. The first kappa shape index (κ1) is 16.4. The van der Waals surface area contributed by atoms with E-state index >= 15 is 0 Å². The largest absolute Gasteiger partial charge is 0.411 e. The van der Waals surface area contributed by atoms with Crippen molar-refractivity contribution in [1.29, 1.82) is 0 Å². The molecular formula is C13H26N2O4. The molecule has 1 aliphatic rings. The van der Waals surface area contributed by atoms with Gasteiger partial charge in [-0.25, -0.2) is 0 Å². The summed E-state index contributed by atoms with van der Waals surface area (Å²) in [6.07, 6.45) is 1.24. The number of aliphatic hydroxyl groups is 1. The van der Waals surface area contributed by atoms with Crippen molar-refractivity contribution >= 4 is 5.71 Å². The fraction of sp³-hybridized carbons (Fsp3) is 0.923. The van der Waals surface area contributed by atoms with Gasteiger partial charge in [-0.3, -0.25) is 4.90 Å². The first-order valence-electron chi connectivity index (χ1n) is 6.89. The highest BCUT2D eigenvalue weighted by Crippen LogP contribution is 2.17. The van der Waals surface area contributed by atoms with Gasteiger partial charge in [0.1, 0.15) is 0 Å². The van der Waals surface area contributed by atoms with Gasteiger partial charge >= 0.3 is 0 Å². The number of ether oxygens (including phenoxy) is 2. The minimum absolute atomic E-state index is 0.292. The molecule has 1 heterocycles. The van der Waals surface area contributed by atoms with E-state index in [9.17, 15) is 5.11 Å². The van der Waals surface area contributed by atoms with E-state index in [0.29, 0.717) is 32.3 Å². The Bertz CT molecular complexity index is 273. The lowest BCUT2D eigenvalue weighted by molar-refractivity contribution is -0.00225. The number of likely N-dealkylation sites (tertiary alicyclic amines) is 1. The van der Waals surface area contributed by atoms with Gasteiger partial charge in [0.15, 0.2) is 0 Å². The molecule has 0 bridgehead atoms. The highest BCUT2D eigenvalue weighted by atomic mass is 16.5. The summed E-state index contributed by atoms with van der Waals surface area (Å²) >= 11 is 0. The maximum atomic E-state index is 9.90. The Morgan fingerprint density at radius 1 is 1.47 bits per heavy atom. The van der Waals surface area contributed by atoms with Crippen LogP contribution in [0.4, 0.5) is 0 Å². The van der Waals surface area contributed by atoms with Gasteiger partial charge in [-0.05, 0) is 6.42 Å². The molecule has 2 unspecified atom stereocenters. The van der Waals surface area contributed by atoms with Crippen molar-refractivity contribution in [2.75, 3.05) is 46.6 Å². The molecule has 0 aromatic rings. The second kappa shape index (κ2) is 9.25. The molecular weight excluding hydrogens is 248 g/mol. The van der Waals surface area contributed by atoms with Crippen molar-refractivity contribution < 1.29 is 19.8 Å². The number of oxime groups is 1. The zero-order valence-corrected chi connectivity index (χ0v) is 11.9. The van der Waals surface area contributed by atoms with E-state index in [1.165, 1.54) is 0 Å². The Morgan fingerprint density at radius 3 is 2.89 bits per heavy atom. The van der Waals surface area contributed by atoms with Gasteiger partial charge in [0.25, 0.3) is 0 Å². The van der Waals surface area contributed by atoms with Crippen molar-refractivity contribution in [3.8, 4) is 0 Å². The smallest absolute Gasteiger partial charge is 0.0900 e. The third kappa shape index (κ3) is 5.86. The standard InChI is InChI=1S/C13H26N2O4/c1-3-11-8-15(5-4-13(11)14-17)9-12(16)10-19-7-6-18-2/h11-12,16-17H,3-10H2,1-2H3. The van der Waals surface area contributed by atoms with E-state index in [-0.39, 0.29) is 0 Å². The molecule has 19 heavy (non-hydrogen) atoms. The SMILES string of the molecule is CCC1CN(CC(O)COCCOC)CCC1=NO. The minimum Gasteiger partial charge on any atom is -0.411 e. The molecule has 2 N–H and O–H groups in total. The first-order valence-corrected chi connectivity index (χ1v) is 6.89. The molecule has 0 amide bonds. The topological polar surface area (TPSA) is 74.5 Å². The van der Waals surface area contributed by atoms with Crippen LogP contribution in [0, 0.1) is 5.92 Å². The van der Waals surface area contributed by atoms with Crippen LogP contribution in [0.5, 0.6) is 0 Å². The number of piperidine rings is 1. The van der Waals surface area contributed by atoms with Crippen molar-refractivity contribution in [3.63, 3.8) is 0 Å². The third-order valence-electron chi connectivity index (χ3n) is 3.47. The summed E-state index contributed by atoms with van der Waals surface area (Å²) in [6, 6.07) is 0. The average Bonchev–Trinajstić information content (AvgIpc) is 2.43. The Kier molecular flexibility index (Phi) is 7.97. The van der Waals surface area contributed by atoms with Gasteiger partial charge in [0.05, 0.1) is 31.6 Å². The summed E-state index contributed by atoms with van der Waals surface area (Å²) in [5.41, 5.74) is 0.879. The molecule has 1 saturated heterocycles. The van der Waals surface area contributed by atoms with Gasteiger partial charge in [-0.15, -0.1) is 0 Å². The monoisotopic (exact) mass is 274 g/mol. The number of hydrogen-bond donors (Lipinski definition) is 2. The molecule has 6 nitrogen and oxygen atoms in total. The van der Waals surface area contributed by atoms with Gasteiger partial charge in [-0.1, -0.05) is 12.1 Å². The van der Waals surface area contributed by atoms with Crippen molar-refractivity contribution in [2.24, 2.45) is 11.1 Å². The summed E-state index contributed by atoms with van der Waals surface area (Å²) in [4.78, 5) is 2.20. The van der Waals surface area contributed by atoms with Gasteiger partial charge in [-0.2, -0.15) is 0 Å². The average molecular weight is 274 g/mol. The predicted octanol–water partition coefficient (Wildman–Crippen LogP) is 0.572. The van der Waals surface area contributed by atoms with E-state index in [4.69, 9.17) is 14.7 Å². The zero-order chi connectivity index (χ0) is 14.1. The van der Waals surface area contributed by atoms with Crippen molar-refractivity contribution in [1.82, 2.24) is 4.90 Å². The van der Waals surface area contributed by atoms with Gasteiger partial charge in [0, 0.05) is 39.1 Å². The third-order valence-corrected chi connectivity index (χ3v) is 3.47. The highest BCUT2D eigenvalue weighted by Gasteiger charge is 2.25. The number of rotatable bonds is 8. The molecule has 1 rings (SSSR count). The van der Waals surface area contributed by atoms with Crippen molar-refractivity contribution in [2.45, 2.75) is 25.9 Å². The van der Waals surface area contributed by atoms with E-state index in [2.05, 4.69) is 17.0 Å². The lowest BCUT2D eigenvalue weighted by Crippen LogP contribution is -2.44. The van der Waals surface area contributed by atoms with E-state index < -0.39 is 6.10 Å². The number of aliphatic hydroxyl groups excluding tert-OH is 1. The van der Waals surface area contributed by atoms with Crippen LogP contribution in [0.3, 0.4) is 0 Å². The molecule has 0 radical (unpaired) electrons. The lowest BCUT2D eigenvalue weighted by Gasteiger charge is -2.33. The molecule has 0 aromatic heterocycles. The van der Waals surface area contributed by atoms with E-state index in [1.807, 2.05) is 0 Å². The van der Waals surface area contributed by atoms with Crippen LogP contribution in [-0.2, 0) is 9.47 Å². The minimum atomic E-state index is -0.484. The number of methoxy groups -OCH3 is 1. The maximum absolute atomic E-state index is 9.90. The lowest BCUT2D eigenvalue weighted by atomic mass is 9.93. The number of β-amino-alcohol motifs (C(OH)–C–C–N with tert-alkyl or cyclic N) is 1. The molecule has 0 spiro atoms. The normalized spacial score (nSPS) is 24.8. The van der Waals surface area contributed by atoms with Crippen LogP contribution in [0.25, 0.3) is 0 Å². The summed E-state index contributed by atoms with van der Waals surface area (Å²) < 4.78 is 10.2.